The Morgan fingerprint density at radius 1 is 1.36 bits per heavy atom. The van der Waals surface area contributed by atoms with Gasteiger partial charge in [-0.3, -0.25) is 0 Å². The van der Waals surface area contributed by atoms with Gasteiger partial charge in [-0.25, -0.2) is 0 Å². The third-order valence-electron chi connectivity index (χ3n) is 1.89. The summed E-state index contributed by atoms with van der Waals surface area (Å²) in [7, 11) is 4.05. The molecule has 3 heteroatoms. The number of hydrogen-bond donors (Lipinski definition) is 1. The van der Waals surface area contributed by atoms with Gasteiger partial charge in [0.25, 0.3) is 0 Å². The molecule has 0 atom stereocenters. The summed E-state index contributed by atoms with van der Waals surface area (Å²) in [5.41, 5.74) is 3.81. The standard InChI is InChI=1S/C11H15ClN2/c1-14(2)11-7-4-3-6-10(11)13-9-5-8-12/h3-8,13H,9H2,1-2H3/b8-5+. The second-order valence-electron chi connectivity index (χ2n) is 3.15. The number of rotatable bonds is 4. The topological polar surface area (TPSA) is 15.3 Å². The molecule has 76 valence electrons. The van der Waals surface area contributed by atoms with Crippen LogP contribution in [0.4, 0.5) is 11.4 Å². The first-order valence-electron chi connectivity index (χ1n) is 4.51. The zero-order valence-corrected chi connectivity index (χ0v) is 9.25. The van der Waals surface area contributed by atoms with E-state index in [1.165, 1.54) is 11.2 Å². The van der Waals surface area contributed by atoms with Crippen molar-refractivity contribution in [3.8, 4) is 0 Å². The van der Waals surface area contributed by atoms with Crippen LogP contribution >= 0.6 is 11.6 Å². The monoisotopic (exact) mass is 210 g/mol. The largest absolute Gasteiger partial charge is 0.380 e. The van der Waals surface area contributed by atoms with E-state index in [-0.39, 0.29) is 0 Å². The van der Waals surface area contributed by atoms with Crippen molar-refractivity contribution in [2.45, 2.75) is 0 Å². The van der Waals surface area contributed by atoms with Crippen molar-refractivity contribution >= 4 is 23.0 Å². The van der Waals surface area contributed by atoms with Crippen LogP contribution in [0, 0.1) is 0 Å². The van der Waals surface area contributed by atoms with Gasteiger partial charge in [0.05, 0.1) is 11.4 Å². The Morgan fingerprint density at radius 3 is 2.71 bits per heavy atom. The van der Waals surface area contributed by atoms with Crippen LogP contribution in [0.2, 0.25) is 0 Å². The van der Waals surface area contributed by atoms with Crippen LogP contribution in [0.15, 0.2) is 35.9 Å². The molecule has 0 heterocycles. The molecule has 0 amide bonds. The number of benzene rings is 1. The van der Waals surface area contributed by atoms with Gasteiger partial charge in [-0.05, 0) is 12.1 Å². The molecule has 1 aromatic carbocycles. The Kier molecular flexibility index (Phi) is 4.33. The highest BCUT2D eigenvalue weighted by Gasteiger charge is 2.00. The molecule has 0 aromatic heterocycles. The molecule has 1 aromatic rings. The summed E-state index contributed by atoms with van der Waals surface area (Å²) in [4.78, 5) is 2.08. The molecule has 0 saturated carbocycles. The van der Waals surface area contributed by atoms with Gasteiger partial charge in [0.15, 0.2) is 0 Å². The van der Waals surface area contributed by atoms with Crippen molar-refractivity contribution in [3.63, 3.8) is 0 Å². The summed E-state index contributed by atoms with van der Waals surface area (Å²) in [5, 5.41) is 3.28. The highest BCUT2D eigenvalue weighted by atomic mass is 35.5. The molecule has 0 bridgehead atoms. The fraction of sp³-hybridized carbons (Fsp3) is 0.273. The first-order chi connectivity index (χ1) is 6.75. The van der Waals surface area contributed by atoms with Crippen LogP contribution in [0.1, 0.15) is 0 Å². The number of nitrogens with zero attached hydrogens (tertiary/aromatic N) is 1. The van der Waals surface area contributed by atoms with E-state index in [4.69, 9.17) is 11.6 Å². The second-order valence-corrected chi connectivity index (χ2v) is 3.41. The van der Waals surface area contributed by atoms with Gasteiger partial charge in [0.2, 0.25) is 0 Å². The summed E-state index contributed by atoms with van der Waals surface area (Å²) < 4.78 is 0. The average molecular weight is 211 g/mol. The lowest BCUT2D eigenvalue weighted by Crippen LogP contribution is -2.12. The number of anilines is 2. The van der Waals surface area contributed by atoms with Crippen molar-refractivity contribution in [1.82, 2.24) is 0 Å². The van der Waals surface area contributed by atoms with E-state index < -0.39 is 0 Å². The fourth-order valence-corrected chi connectivity index (χ4v) is 1.32. The summed E-state index contributed by atoms with van der Waals surface area (Å²) >= 11 is 5.44. The molecule has 0 aliphatic carbocycles. The molecule has 1 N–H and O–H groups in total. The number of hydrogen-bond acceptors (Lipinski definition) is 2. The van der Waals surface area contributed by atoms with Gasteiger partial charge < -0.3 is 10.2 Å². The third-order valence-corrected chi connectivity index (χ3v) is 2.06. The highest BCUT2D eigenvalue weighted by molar-refractivity contribution is 6.25. The minimum atomic E-state index is 0.744. The summed E-state index contributed by atoms with van der Waals surface area (Å²) in [5.74, 6) is 0. The molecule has 0 aliphatic rings. The lowest BCUT2D eigenvalue weighted by molar-refractivity contribution is 1.13. The van der Waals surface area contributed by atoms with Gasteiger partial charge in [-0.2, -0.15) is 0 Å². The SMILES string of the molecule is CN(C)c1ccccc1NC/C=C/Cl. The molecule has 0 saturated heterocycles. The average Bonchev–Trinajstić information content (AvgIpc) is 2.19. The predicted octanol–water partition coefficient (Wildman–Crippen LogP) is 2.92. The van der Waals surface area contributed by atoms with Gasteiger partial charge in [0, 0.05) is 26.2 Å². The Hall–Kier alpha value is -1.15. The van der Waals surface area contributed by atoms with E-state index in [1.807, 2.05) is 32.3 Å². The van der Waals surface area contributed by atoms with E-state index >= 15 is 0 Å². The maximum absolute atomic E-state index is 5.44. The lowest BCUT2D eigenvalue weighted by atomic mass is 10.2. The summed E-state index contributed by atoms with van der Waals surface area (Å²) in [6, 6.07) is 8.17. The first kappa shape index (κ1) is 10.9. The van der Waals surface area contributed by atoms with Crippen molar-refractivity contribution in [2.75, 3.05) is 30.9 Å². The van der Waals surface area contributed by atoms with Crippen LogP contribution in [0.3, 0.4) is 0 Å². The van der Waals surface area contributed by atoms with Crippen molar-refractivity contribution in [1.29, 1.82) is 0 Å². The molecule has 1 rings (SSSR count). The molecule has 0 aliphatic heterocycles. The molecular weight excluding hydrogens is 196 g/mol. The Morgan fingerprint density at radius 2 is 2.07 bits per heavy atom. The fourth-order valence-electron chi connectivity index (χ4n) is 1.23. The van der Waals surface area contributed by atoms with Gasteiger partial charge >= 0.3 is 0 Å². The Balaban J connectivity index is 2.74. The summed E-state index contributed by atoms with van der Waals surface area (Å²) in [6.45, 7) is 0.744. The highest BCUT2D eigenvalue weighted by Crippen LogP contribution is 2.22. The van der Waals surface area contributed by atoms with E-state index in [0.717, 1.165) is 12.2 Å². The maximum atomic E-state index is 5.44. The van der Waals surface area contributed by atoms with Crippen molar-refractivity contribution < 1.29 is 0 Å². The van der Waals surface area contributed by atoms with Gasteiger partial charge in [-0.15, -0.1) is 0 Å². The zero-order valence-electron chi connectivity index (χ0n) is 8.50. The molecular formula is C11H15ClN2. The molecule has 14 heavy (non-hydrogen) atoms. The molecule has 0 fully saturated rings. The summed E-state index contributed by atoms with van der Waals surface area (Å²) in [6.07, 6.45) is 1.87. The van der Waals surface area contributed by atoms with Crippen LogP contribution in [-0.4, -0.2) is 20.6 Å². The molecule has 0 radical (unpaired) electrons. The van der Waals surface area contributed by atoms with Gasteiger partial charge in [0.1, 0.15) is 0 Å². The maximum Gasteiger partial charge on any atom is 0.0596 e. The third kappa shape index (κ3) is 2.96. The lowest BCUT2D eigenvalue weighted by Gasteiger charge is -2.17. The van der Waals surface area contributed by atoms with Crippen molar-refractivity contribution in [3.05, 3.63) is 35.9 Å². The number of para-hydroxylation sites is 2. The van der Waals surface area contributed by atoms with Crippen LogP contribution < -0.4 is 10.2 Å². The van der Waals surface area contributed by atoms with Gasteiger partial charge in [-0.1, -0.05) is 29.8 Å². The Labute approximate surface area is 90.2 Å². The quantitative estimate of drug-likeness (QED) is 0.822. The molecule has 0 unspecified atom stereocenters. The zero-order chi connectivity index (χ0) is 10.4. The predicted molar refractivity (Wildman–Crippen MR) is 64.3 cm³/mol. The minimum absolute atomic E-state index is 0.744. The van der Waals surface area contributed by atoms with Crippen LogP contribution in [-0.2, 0) is 0 Å². The number of nitrogens with one attached hydrogen (secondary N) is 1. The van der Waals surface area contributed by atoms with E-state index in [1.54, 1.807) is 0 Å². The Bertz CT molecular complexity index is 308. The first-order valence-corrected chi connectivity index (χ1v) is 4.95. The van der Waals surface area contributed by atoms with Crippen LogP contribution in [0.25, 0.3) is 0 Å². The van der Waals surface area contributed by atoms with Crippen molar-refractivity contribution in [2.24, 2.45) is 0 Å². The minimum Gasteiger partial charge on any atom is -0.380 e. The molecule has 0 spiro atoms. The number of halogens is 1. The molecule has 2 nitrogen and oxygen atoms in total. The van der Waals surface area contributed by atoms with E-state index in [0.29, 0.717) is 0 Å². The van der Waals surface area contributed by atoms with Crippen LogP contribution in [0.5, 0.6) is 0 Å². The smallest absolute Gasteiger partial charge is 0.0596 e. The van der Waals surface area contributed by atoms with E-state index in [2.05, 4.69) is 22.3 Å². The normalized spacial score (nSPS) is 10.5. The second kappa shape index (κ2) is 5.55. The van der Waals surface area contributed by atoms with E-state index in [9.17, 15) is 0 Å².